The Balaban J connectivity index is 1.43. The van der Waals surface area contributed by atoms with E-state index in [2.05, 4.69) is 20.4 Å². The highest BCUT2D eigenvalue weighted by Crippen LogP contribution is 2.30. The normalized spacial score (nSPS) is 18.0. The molecule has 0 radical (unpaired) electrons. The first kappa shape index (κ1) is 21.7. The Morgan fingerprint density at radius 1 is 1.29 bits per heavy atom. The molecular formula is C22H21Cl2FN4O2. The van der Waals surface area contributed by atoms with Gasteiger partial charge in [-0.25, -0.2) is 4.39 Å². The fourth-order valence-corrected chi connectivity index (χ4v) is 4.16. The highest BCUT2D eigenvalue weighted by molar-refractivity contribution is 6.36. The number of hydrogen-bond acceptors (Lipinski definition) is 5. The van der Waals surface area contributed by atoms with E-state index in [1.54, 1.807) is 30.3 Å². The van der Waals surface area contributed by atoms with E-state index in [4.69, 9.17) is 27.7 Å². The molecule has 6 nitrogen and oxygen atoms in total. The molecule has 0 aliphatic carbocycles. The Labute approximate surface area is 189 Å². The number of rotatable bonds is 5. The van der Waals surface area contributed by atoms with E-state index in [0.29, 0.717) is 39.6 Å². The second-order valence-corrected chi connectivity index (χ2v) is 8.43. The van der Waals surface area contributed by atoms with Crippen LogP contribution in [0.3, 0.4) is 0 Å². The van der Waals surface area contributed by atoms with Gasteiger partial charge in [0.25, 0.3) is 0 Å². The number of nitrogens with zero attached hydrogens (tertiary/aromatic N) is 3. The molecule has 3 aromatic rings. The fraction of sp³-hybridized carbons (Fsp3) is 0.318. The van der Waals surface area contributed by atoms with Crippen LogP contribution >= 0.6 is 23.2 Å². The van der Waals surface area contributed by atoms with Crippen LogP contribution in [0.1, 0.15) is 31.6 Å². The molecule has 1 fully saturated rings. The fourth-order valence-electron chi connectivity index (χ4n) is 3.70. The summed E-state index contributed by atoms with van der Waals surface area (Å²) in [5.74, 6) is 0.342. The quantitative estimate of drug-likeness (QED) is 0.550. The molecule has 1 N–H and O–H groups in total. The van der Waals surface area contributed by atoms with Crippen molar-refractivity contribution >= 4 is 34.8 Å². The number of benzene rings is 2. The molecule has 2 atom stereocenters. The summed E-state index contributed by atoms with van der Waals surface area (Å²) in [5.41, 5.74) is 1.09. The third-order valence-corrected chi connectivity index (χ3v) is 5.99. The van der Waals surface area contributed by atoms with E-state index >= 15 is 0 Å². The monoisotopic (exact) mass is 462 g/mol. The van der Waals surface area contributed by atoms with Gasteiger partial charge in [0, 0.05) is 17.1 Å². The van der Waals surface area contributed by atoms with E-state index in [9.17, 15) is 9.18 Å². The molecule has 0 bridgehead atoms. The molecule has 1 saturated heterocycles. The number of likely N-dealkylation sites (tertiary alicyclic amines) is 1. The summed E-state index contributed by atoms with van der Waals surface area (Å²) in [7, 11) is 0. The molecule has 1 aliphatic heterocycles. The van der Waals surface area contributed by atoms with Crippen molar-refractivity contribution in [2.75, 3.05) is 18.4 Å². The third-order valence-electron chi connectivity index (χ3n) is 5.44. The zero-order valence-corrected chi connectivity index (χ0v) is 18.3. The van der Waals surface area contributed by atoms with Gasteiger partial charge < -0.3 is 9.84 Å². The summed E-state index contributed by atoms with van der Waals surface area (Å²) >= 11 is 12.1. The van der Waals surface area contributed by atoms with Gasteiger partial charge in [0.2, 0.25) is 17.6 Å². The molecule has 1 amide bonds. The smallest absolute Gasteiger partial charge is 0.241 e. The van der Waals surface area contributed by atoms with Crippen molar-refractivity contribution < 1.29 is 13.7 Å². The summed E-state index contributed by atoms with van der Waals surface area (Å²) in [5, 5.41) is 7.76. The number of halogens is 3. The topological polar surface area (TPSA) is 71.3 Å². The molecule has 1 aromatic heterocycles. The van der Waals surface area contributed by atoms with E-state index in [1.165, 1.54) is 12.1 Å². The number of carbonyl (C=O) groups is 1. The van der Waals surface area contributed by atoms with Crippen LogP contribution in [0.15, 0.2) is 47.0 Å². The summed E-state index contributed by atoms with van der Waals surface area (Å²) in [4.78, 5) is 19.3. The molecule has 2 aromatic carbocycles. The van der Waals surface area contributed by atoms with Crippen LogP contribution in [0.25, 0.3) is 11.4 Å². The molecule has 0 spiro atoms. The Morgan fingerprint density at radius 3 is 2.90 bits per heavy atom. The minimum Gasteiger partial charge on any atom is -0.339 e. The first-order valence-corrected chi connectivity index (χ1v) is 10.8. The standard InChI is InChI=1S/C22H21Cl2FN4O2/c1-13(21(30)26-19-8-7-16(23)11-18(19)24)29-9-3-5-15(12-29)22-27-20(28-31-22)14-4-2-6-17(25)10-14/h2,4,6-8,10-11,13,15H,3,5,9,12H2,1H3,(H,26,30). The molecule has 0 saturated carbocycles. The summed E-state index contributed by atoms with van der Waals surface area (Å²) in [6, 6.07) is 10.7. The van der Waals surface area contributed by atoms with Gasteiger partial charge in [-0.05, 0) is 56.6 Å². The highest BCUT2D eigenvalue weighted by atomic mass is 35.5. The maximum atomic E-state index is 13.5. The van der Waals surface area contributed by atoms with Crippen LogP contribution in [-0.4, -0.2) is 40.1 Å². The van der Waals surface area contributed by atoms with E-state index < -0.39 is 0 Å². The van der Waals surface area contributed by atoms with E-state index in [0.717, 1.165) is 19.4 Å². The predicted octanol–water partition coefficient (Wildman–Crippen LogP) is 5.39. The first-order chi connectivity index (χ1) is 14.9. The average molecular weight is 463 g/mol. The van der Waals surface area contributed by atoms with E-state index in [-0.39, 0.29) is 23.7 Å². The zero-order chi connectivity index (χ0) is 22.0. The molecule has 1 aliphatic rings. The Kier molecular flexibility index (Phi) is 6.55. The van der Waals surface area contributed by atoms with Crippen LogP contribution < -0.4 is 5.32 Å². The first-order valence-electron chi connectivity index (χ1n) is 10.00. The van der Waals surface area contributed by atoms with Crippen molar-refractivity contribution in [2.24, 2.45) is 0 Å². The lowest BCUT2D eigenvalue weighted by Crippen LogP contribution is -2.46. The SMILES string of the molecule is CC(C(=O)Nc1ccc(Cl)cc1Cl)N1CCCC(c2nc(-c3cccc(F)c3)no2)C1. The number of anilines is 1. The minimum absolute atomic E-state index is 0.00192. The Hall–Kier alpha value is -2.48. The number of piperidine rings is 1. The molecule has 2 unspecified atom stereocenters. The second-order valence-electron chi connectivity index (χ2n) is 7.59. The van der Waals surface area contributed by atoms with Crippen molar-refractivity contribution in [1.82, 2.24) is 15.0 Å². The highest BCUT2D eigenvalue weighted by Gasteiger charge is 2.31. The average Bonchev–Trinajstić information content (AvgIpc) is 3.26. The summed E-state index contributed by atoms with van der Waals surface area (Å²) < 4.78 is 19.0. The van der Waals surface area contributed by atoms with Crippen LogP contribution in [-0.2, 0) is 4.79 Å². The molecule has 162 valence electrons. The number of amides is 1. The lowest BCUT2D eigenvalue weighted by Gasteiger charge is -2.34. The third kappa shape index (κ3) is 5.06. The number of aromatic nitrogens is 2. The molecule has 4 rings (SSSR count). The van der Waals surface area contributed by atoms with Crippen molar-refractivity contribution in [1.29, 1.82) is 0 Å². The van der Waals surface area contributed by atoms with Gasteiger partial charge in [-0.2, -0.15) is 4.98 Å². The van der Waals surface area contributed by atoms with Crippen LogP contribution in [0.5, 0.6) is 0 Å². The van der Waals surface area contributed by atoms with Gasteiger partial charge in [-0.15, -0.1) is 0 Å². The minimum atomic E-state index is -0.375. The number of hydrogen-bond donors (Lipinski definition) is 1. The second kappa shape index (κ2) is 9.34. The van der Waals surface area contributed by atoms with Crippen molar-refractivity contribution in [3.8, 4) is 11.4 Å². The van der Waals surface area contributed by atoms with Gasteiger partial charge in [-0.1, -0.05) is 40.5 Å². The summed E-state index contributed by atoms with van der Waals surface area (Å²) in [6.07, 6.45) is 1.76. The van der Waals surface area contributed by atoms with Crippen LogP contribution in [0.4, 0.5) is 10.1 Å². The number of nitrogens with one attached hydrogen (secondary N) is 1. The number of carbonyl (C=O) groups excluding carboxylic acids is 1. The molecule has 9 heteroatoms. The van der Waals surface area contributed by atoms with Crippen molar-refractivity contribution in [3.63, 3.8) is 0 Å². The maximum Gasteiger partial charge on any atom is 0.241 e. The molecule has 31 heavy (non-hydrogen) atoms. The van der Waals surface area contributed by atoms with Gasteiger partial charge in [0.05, 0.1) is 22.7 Å². The van der Waals surface area contributed by atoms with Crippen LogP contribution in [0, 0.1) is 5.82 Å². The zero-order valence-electron chi connectivity index (χ0n) is 16.8. The van der Waals surface area contributed by atoms with Gasteiger partial charge in [-0.3, -0.25) is 9.69 Å². The van der Waals surface area contributed by atoms with E-state index in [1.807, 2.05) is 6.92 Å². The maximum absolute atomic E-state index is 13.5. The van der Waals surface area contributed by atoms with Gasteiger partial charge in [0.1, 0.15) is 5.82 Å². The Morgan fingerprint density at radius 2 is 2.13 bits per heavy atom. The van der Waals surface area contributed by atoms with Gasteiger partial charge in [0.15, 0.2) is 0 Å². The summed E-state index contributed by atoms with van der Waals surface area (Å²) in [6.45, 7) is 3.24. The van der Waals surface area contributed by atoms with Crippen molar-refractivity contribution in [3.05, 3.63) is 64.2 Å². The van der Waals surface area contributed by atoms with Gasteiger partial charge >= 0.3 is 0 Å². The largest absolute Gasteiger partial charge is 0.339 e. The van der Waals surface area contributed by atoms with Crippen molar-refractivity contribution in [2.45, 2.75) is 31.7 Å². The predicted molar refractivity (Wildman–Crippen MR) is 118 cm³/mol. The van der Waals surface area contributed by atoms with Crippen LogP contribution in [0.2, 0.25) is 10.0 Å². The Bertz CT molecular complexity index is 1090. The lowest BCUT2D eigenvalue weighted by atomic mass is 9.96. The molecular weight excluding hydrogens is 442 g/mol. The lowest BCUT2D eigenvalue weighted by molar-refractivity contribution is -0.121. The molecule has 2 heterocycles.